The Kier molecular flexibility index (Phi) is 3.95. The summed E-state index contributed by atoms with van der Waals surface area (Å²) < 4.78 is 38.1. The summed E-state index contributed by atoms with van der Waals surface area (Å²) in [5, 5.41) is 9.33. The summed E-state index contributed by atoms with van der Waals surface area (Å²) >= 11 is 1.85. The maximum atomic E-state index is 12.7. The van der Waals surface area contributed by atoms with Crippen molar-refractivity contribution in [3.8, 4) is 6.07 Å². The maximum Gasteiger partial charge on any atom is 0.417 e. The number of thioether (sulfide) groups is 1. The molecular weight excluding hydrogens is 273 g/mol. The van der Waals surface area contributed by atoms with Crippen LogP contribution in [0.3, 0.4) is 0 Å². The number of alkyl halides is 3. The second kappa shape index (κ2) is 5.33. The Morgan fingerprint density at radius 3 is 2.74 bits per heavy atom. The van der Waals surface area contributed by atoms with Gasteiger partial charge >= 0.3 is 6.18 Å². The molecule has 0 amide bonds. The van der Waals surface area contributed by atoms with Gasteiger partial charge in [0, 0.05) is 29.8 Å². The van der Waals surface area contributed by atoms with Crippen LogP contribution < -0.4 is 4.90 Å². The Morgan fingerprint density at radius 1 is 1.42 bits per heavy atom. The molecule has 0 bridgehead atoms. The summed E-state index contributed by atoms with van der Waals surface area (Å²) in [7, 11) is 0. The molecule has 0 aromatic heterocycles. The van der Waals surface area contributed by atoms with E-state index in [1.165, 1.54) is 12.1 Å². The number of benzene rings is 1. The third kappa shape index (κ3) is 3.16. The molecule has 0 spiro atoms. The first-order valence-corrected chi connectivity index (χ1v) is 6.94. The molecular formula is C13H13F3N2S. The van der Waals surface area contributed by atoms with Gasteiger partial charge in [-0.05, 0) is 18.2 Å². The molecule has 102 valence electrons. The van der Waals surface area contributed by atoms with Gasteiger partial charge in [-0.3, -0.25) is 0 Å². The largest absolute Gasteiger partial charge is 0.417 e. The normalized spacial score (nSPS) is 20.2. The van der Waals surface area contributed by atoms with Gasteiger partial charge in [-0.1, -0.05) is 6.92 Å². The zero-order valence-corrected chi connectivity index (χ0v) is 11.2. The van der Waals surface area contributed by atoms with E-state index < -0.39 is 11.7 Å². The standard InChI is InChI=1S/C13H13F3N2S/c1-9-8-18(4-5-19-9)11-2-3-12(13(14,15)16)10(6-11)7-17/h2-3,6,9H,4-5,8H2,1H3. The topological polar surface area (TPSA) is 27.0 Å². The molecule has 1 aliphatic heterocycles. The summed E-state index contributed by atoms with van der Waals surface area (Å²) in [6.45, 7) is 3.68. The second-order valence-corrected chi connectivity index (χ2v) is 6.01. The molecule has 1 aromatic carbocycles. The molecule has 2 rings (SSSR count). The SMILES string of the molecule is CC1CN(c2ccc(C(F)(F)F)c(C#N)c2)CCS1. The molecule has 0 radical (unpaired) electrons. The molecule has 0 saturated carbocycles. The third-order valence-corrected chi connectivity index (χ3v) is 4.17. The Labute approximate surface area is 114 Å². The Hall–Kier alpha value is -1.35. The molecule has 1 heterocycles. The van der Waals surface area contributed by atoms with Gasteiger partial charge in [0.15, 0.2) is 0 Å². The summed E-state index contributed by atoms with van der Waals surface area (Å²) in [4.78, 5) is 2.03. The fourth-order valence-electron chi connectivity index (χ4n) is 2.12. The van der Waals surface area contributed by atoms with E-state index in [-0.39, 0.29) is 5.56 Å². The maximum absolute atomic E-state index is 12.7. The van der Waals surface area contributed by atoms with E-state index in [9.17, 15) is 13.2 Å². The van der Waals surface area contributed by atoms with Crippen molar-refractivity contribution < 1.29 is 13.2 Å². The fourth-order valence-corrected chi connectivity index (χ4v) is 3.14. The highest BCUT2D eigenvalue weighted by atomic mass is 32.2. The number of hydrogen-bond acceptors (Lipinski definition) is 3. The van der Waals surface area contributed by atoms with Crippen LogP contribution in [-0.2, 0) is 6.18 Å². The van der Waals surface area contributed by atoms with E-state index >= 15 is 0 Å². The van der Waals surface area contributed by atoms with E-state index in [1.54, 1.807) is 6.07 Å². The van der Waals surface area contributed by atoms with Crippen molar-refractivity contribution >= 4 is 17.4 Å². The second-order valence-electron chi connectivity index (χ2n) is 4.47. The molecule has 0 aliphatic carbocycles. The van der Waals surface area contributed by atoms with Crippen LogP contribution in [0.15, 0.2) is 18.2 Å². The molecule has 1 aromatic rings. The van der Waals surface area contributed by atoms with Crippen molar-refractivity contribution in [2.75, 3.05) is 23.7 Å². The van der Waals surface area contributed by atoms with Crippen molar-refractivity contribution in [1.29, 1.82) is 5.26 Å². The van der Waals surface area contributed by atoms with Crippen LogP contribution in [-0.4, -0.2) is 24.1 Å². The van der Waals surface area contributed by atoms with E-state index in [0.717, 1.165) is 24.9 Å². The smallest absolute Gasteiger partial charge is 0.370 e. The van der Waals surface area contributed by atoms with Crippen LogP contribution in [0.25, 0.3) is 0 Å². The minimum atomic E-state index is -4.48. The van der Waals surface area contributed by atoms with Crippen LogP contribution in [0.1, 0.15) is 18.1 Å². The van der Waals surface area contributed by atoms with Crippen molar-refractivity contribution in [1.82, 2.24) is 0 Å². The van der Waals surface area contributed by atoms with E-state index in [2.05, 4.69) is 6.92 Å². The Balaban J connectivity index is 2.32. The van der Waals surface area contributed by atoms with Gasteiger partial charge in [0.05, 0.1) is 17.2 Å². The molecule has 19 heavy (non-hydrogen) atoms. The first-order chi connectivity index (χ1) is 8.91. The van der Waals surface area contributed by atoms with Gasteiger partial charge in [-0.25, -0.2) is 0 Å². The number of hydrogen-bond donors (Lipinski definition) is 0. The van der Waals surface area contributed by atoms with Crippen molar-refractivity contribution in [3.05, 3.63) is 29.3 Å². The minimum absolute atomic E-state index is 0.309. The van der Waals surface area contributed by atoms with Crippen LogP contribution in [0, 0.1) is 11.3 Å². The molecule has 1 aliphatic rings. The van der Waals surface area contributed by atoms with E-state index in [0.29, 0.717) is 10.9 Å². The lowest BCUT2D eigenvalue weighted by Gasteiger charge is -2.32. The summed E-state index contributed by atoms with van der Waals surface area (Å²) in [5.74, 6) is 0.948. The predicted octanol–water partition coefficient (Wildman–Crippen LogP) is 3.52. The number of anilines is 1. The predicted molar refractivity (Wildman–Crippen MR) is 70.3 cm³/mol. The molecule has 0 N–H and O–H groups in total. The lowest BCUT2D eigenvalue weighted by atomic mass is 10.1. The highest BCUT2D eigenvalue weighted by molar-refractivity contribution is 8.00. The number of halogens is 3. The first-order valence-electron chi connectivity index (χ1n) is 5.89. The number of rotatable bonds is 1. The van der Waals surface area contributed by atoms with Gasteiger partial charge in [-0.2, -0.15) is 30.2 Å². The van der Waals surface area contributed by atoms with Crippen LogP contribution >= 0.6 is 11.8 Å². The quantitative estimate of drug-likeness (QED) is 0.790. The Bertz CT molecular complexity index is 508. The van der Waals surface area contributed by atoms with Gasteiger partial charge in [0.2, 0.25) is 0 Å². The monoisotopic (exact) mass is 286 g/mol. The minimum Gasteiger partial charge on any atom is -0.370 e. The van der Waals surface area contributed by atoms with Gasteiger partial charge in [0.1, 0.15) is 0 Å². The van der Waals surface area contributed by atoms with Crippen LogP contribution in [0.2, 0.25) is 0 Å². The molecule has 1 atom stereocenters. The van der Waals surface area contributed by atoms with E-state index in [1.807, 2.05) is 16.7 Å². The highest BCUT2D eigenvalue weighted by Crippen LogP contribution is 2.34. The fraction of sp³-hybridized carbons (Fsp3) is 0.462. The van der Waals surface area contributed by atoms with Gasteiger partial charge in [0.25, 0.3) is 0 Å². The van der Waals surface area contributed by atoms with Crippen molar-refractivity contribution in [3.63, 3.8) is 0 Å². The zero-order valence-electron chi connectivity index (χ0n) is 10.4. The average Bonchev–Trinajstić information content (AvgIpc) is 2.37. The summed E-state index contributed by atoms with van der Waals surface area (Å²) in [6.07, 6.45) is -4.48. The lowest BCUT2D eigenvalue weighted by molar-refractivity contribution is -0.137. The molecule has 6 heteroatoms. The zero-order chi connectivity index (χ0) is 14.0. The van der Waals surface area contributed by atoms with Crippen LogP contribution in [0.5, 0.6) is 0 Å². The molecule has 2 nitrogen and oxygen atoms in total. The third-order valence-electron chi connectivity index (χ3n) is 3.04. The lowest BCUT2D eigenvalue weighted by Crippen LogP contribution is -2.36. The van der Waals surface area contributed by atoms with Gasteiger partial charge in [-0.15, -0.1) is 0 Å². The molecule has 1 unspecified atom stereocenters. The number of nitriles is 1. The highest BCUT2D eigenvalue weighted by Gasteiger charge is 2.34. The van der Waals surface area contributed by atoms with Crippen molar-refractivity contribution in [2.24, 2.45) is 0 Å². The van der Waals surface area contributed by atoms with Gasteiger partial charge < -0.3 is 4.90 Å². The van der Waals surface area contributed by atoms with E-state index in [4.69, 9.17) is 5.26 Å². The summed E-state index contributed by atoms with van der Waals surface area (Å²) in [5.41, 5.74) is -0.481. The Morgan fingerprint density at radius 2 is 2.16 bits per heavy atom. The average molecular weight is 286 g/mol. The van der Waals surface area contributed by atoms with Crippen LogP contribution in [0.4, 0.5) is 18.9 Å². The molecule has 1 fully saturated rings. The number of nitrogens with zero attached hydrogens (tertiary/aromatic N) is 2. The summed E-state index contributed by atoms with van der Waals surface area (Å²) in [6, 6.07) is 5.43. The first kappa shape index (κ1) is 14.1. The molecule has 1 saturated heterocycles. The van der Waals surface area contributed by atoms with Crippen molar-refractivity contribution in [2.45, 2.75) is 18.3 Å².